The molecule has 1 rings (SSSR count). The highest BCUT2D eigenvalue weighted by atomic mass is 19.4. The summed E-state index contributed by atoms with van der Waals surface area (Å²) < 4.78 is 44.5. The monoisotopic (exact) mass is 298 g/mol. The Hall–Kier alpha value is -1.71. The molecule has 1 aromatic rings. The average molecular weight is 298 g/mol. The van der Waals surface area contributed by atoms with Gasteiger partial charge in [0.15, 0.2) is 0 Å². The second-order valence-corrected chi connectivity index (χ2v) is 4.58. The van der Waals surface area contributed by atoms with Crippen LogP contribution in [0.2, 0.25) is 0 Å². The lowest BCUT2D eigenvalue weighted by atomic mass is 10.0. The van der Waals surface area contributed by atoms with Crippen LogP contribution in [0.3, 0.4) is 0 Å². The normalized spacial score (nSPS) is 13.4. The molecule has 0 bridgehead atoms. The van der Waals surface area contributed by atoms with E-state index in [0.29, 0.717) is 5.56 Å². The maximum atomic E-state index is 13.2. The van der Waals surface area contributed by atoms with Crippen molar-refractivity contribution in [1.29, 1.82) is 0 Å². The van der Waals surface area contributed by atoms with E-state index >= 15 is 0 Å². The number of halogens is 3. The molecule has 0 saturated heterocycles. The molecule has 0 unspecified atom stereocenters. The summed E-state index contributed by atoms with van der Waals surface area (Å²) in [4.78, 5) is 0. The summed E-state index contributed by atoms with van der Waals surface area (Å²) in [5.41, 5.74) is 0.590. The molecule has 0 saturated carbocycles. The maximum absolute atomic E-state index is 13.2. The first kappa shape index (κ1) is 17.3. The van der Waals surface area contributed by atoms with Crippen molar-refractivity contribution in [3.8, 4) is 0 Å². The standard InChI is InChI=1S/C17H21F3O/c1-3-5-6-10-13-15(14-11-8-7-9-12-14)16(21-4-2)17(18,19)20/h7-13H,3-6H2,1-2H3/b13-10+,16-15+. The van der Waals surface area contributed by atoms with Gasteiger partial charge in [0, 0.05) is 5.57 Å². The Labute approximate surface area is 124 Å². The van der Waals surface area contributed by atoms with Crippen LogP contribution < -0.4 is 0 Å². The van der Waals surface area contributed by atoms with Crippen LogP contribution in [0, 0.1) is 0 Å². The van der Waals surface area contributed by atoms with Gasteiger partial charge in [0.25, 0.3) is 0 Å². The van der Waals surface area contributed by atoms with E-state index in [4.69, 9.17) is 4.74 Å². The van der Waals surface area contributed by atoms with Gasteiger partial charge in [-0.25, -0.2) is 0 Å². The Balaban J connectivity index is 3.24. The Morgan fingerprint density at radius 3 is 2.33 bits per heavy atom. The molecular formula is C17H21F3O. The fourth-order valence-electron chi connectivity index (χ4n) is 1.90. The molecule has 21 heavy (non-hydrogen) atoms. The number of rotatable bonds is 7. The Morgan fingerprint density at radius 1 is 1.14 bits per heavy atom. The van der Waals surface area contributed by atoms with Crippen molar-refractivity contribution in [2.75, 3.05) is 6.61 Å². The van der Waals surface area contributed by atoms with Gasteiger partial charge >= 0.3 is 6.18 Å². The minimum atomic E-state index is -4.50. The number of hydrogen-bond donors (Lipinski definition) is 0. The molecule has 0 fully saturated rings. The molecule has 0 spiro atoms. The Kier molecular flexibility index (Phi) is 7.06. The second-order valence-electron chi connectivity index (χ2n) is 4.58. The van der Waals surface area contributed by atoms with E-state index < -0.39 is 11.9 Å². The summed E-state index contributed by atoms with van der Waals surface area (Å²) in [6, 6.07) is 8.52. The van der Waals surface area contributed by atoms with Gasteiger partial charge in [-0.15, -0.1) is 0 Å². The van der Waals surface area contributed by atoms with Crippen molar-refractivity contribution in [2.24, 2.45) is 0 Å². The molecule has 0 aromatic heterocycles. The number of alkyl halides is 3. The predicted molar refractivity (Wildman–Crippen MR) is 79.7 cm³/mol. The fraction of sp³-hybridized carbons (Fsp3) is 0.412. The molecule has 0 aliphatic rings. The summed E-state index contributed by atoms with van der Waals surface area (Å²) in [5.74, 6) is -0.927. The highest BCUT2D eigenvalue weighted by Gasteiger charge is 2.38. The third kappa shape index (κ3) is 5.66. The van der Waals surface area contributed by atoms with Gasteiger partial charge in [-0.3, -0.25) is 0 Å². The molecule has 0 radical (unpaired) electrons. The van der Waals surface area contributed by atoms with Crippen LogP contribution in [0.5, 0.6) is 0 Å². The quantitative estimate of drug-likeness (QED) is 0.354. The maximum Gasteiger partial charge on any atom is 0.449 e. The van der Waals surface area contributed by atoms with E-state index in [1.807, 2.05) is 6.92 Å². The van der Waals surface area contributed by atoms with Gasteiger partial charge in [0.2, 0.25) is 5.76 Å². The predicted octanol–water partition coefficient (Wildman–Crippen LogP) is 5.74. The lowest BCUT2D eigenvalue weighted by Gasteiger charge is -2.16. The number of benzene rings is 1. The zero-order valence-electron chi connectivity index (χ0n) is 12.4. The number of allylic oxidation sites excluding steroid dienone is 4. The van der Waals surface area contributed by atoms with Crippen LogP contribution in [-0.2, 0) is 4.74 Å². The molecular weight excluding hydrogens is 277 g/mol. The van der Waals surface area contributed by atoms with Gasteiger partial charge < -0.3 is 4.74 Å². The zero-order valence-corrected chi connectivity index (χ0v) is 12.4. The van der Waals surface area contributed by atoms with Gasteiger partial charge in [-0.2, -0.15) is 13.2 Å². The molecule has 0 aliphatic carbocycles. The lowest BCUT2D eigenvalue weighted by Crippen LogP contribution is -2.16. The Bertz CT molecular complexity index is 473. The summed E-state index contributed by atoms with van der Waals surface area (Å²) >= 11 is 0. The van der Waals surface area contributed by atoms with Gasteiger partial charge in [-0.1, -0.05) is 62.2 Å². The van der Waals surface area contributed by atoms with Gasteiger partial charge in [0.05, 0.1) is 6.61 Å². The van der Waals surface area contributed by atoms with Crippen LogP contribution >= 0.6 is 0 Å². The molecule has 1 aromatic carbocycles. The third-order valence-corrected chi connectivity index (χ3v) is 2.88. The minimum Gasteiger partial charge on any atom is -0.489 e. The van der Waals surface area contributed by atoms with Crippen LogP contribution in [0.15, 0.2) is 48.2 Å². The van der Waals surface area contributed by atoms with Crippen molar-refractivity contribution in [3.63, 3.8) is 0 Å². The summed E-state index contributed by atoms with van der Waals surface area (Å²) in [6.45, 7) is 3.58. The molecule has 116 valence electrons. The molecule has 4 heteroatoms. The third-order valence-electron chi connectivity index (χ3n) is 2.88. The molecule has 0 heterocycles. The first-order valence-corrected chi connectivity index (χ1v) is 7.16. The average Bonchev–Trinajstić information content (AvgIpc) is 2.45. The zero-order chi connectivity index (χ0) is 15.7. The molecule has 1 nitrogen and oxygen atoms in total. The van der Waals surface area contributed by atoms with Crippen LogP contribution in [-0.4, -0.2) is 12.8 Å². The van der Waals surface area contributed by atoms with Crippen molar-refractivity contribution < 1.29 is 17.9 Å². The van der Waals surface area contributed by atoms with Gasteiger partial charge in [-0.05, 0) is 18.9 Å². The SMILES string of the molecule is CCCC/C=C/C(=C(\OCC)C(F)(F)F)c1ccccc1. The summed E-state index contributed by atoms with van der Waals surface area (Å²) in [5, 5.41) is 0. The highest BCUT2D eigenvalue weighted by Crippen LogP contribution is 2.34. The number of unbranched alkanes of at least 4 members (excludes halogenated alkanes) is 2. The molecule has 0 N–H and O–H groups in total. The topological polar surface area (TPSA) is 9.23 Å². The second kappa shape index (κ2) is 8.55. The summed E-state index contributed by atoms with van der Waals surface area (Å²) in [6.07, 6.45) is 1.50. The van der Waals surface area contributed by atoms with Crippen molar-refractivity contribution in [2.45, 2.75) is 39.3 Å². The molecule has 0 amide bonds. The highest BCUT2D eigenvalue weighted by molar-refractivity contribution is 5.76. The molecule has 0 atom stereocenters. The minimum absolute atomic E-state index is 0.0199. The van der Waals surface area contributed by atoms with E-state index in [2.05, 4.69) is 0 Å². The first-order chi connectivity index (χ1) is 10.0. The lowest BCUT2D eigenvalue weighted by molar-refractivity contribution is -0.128. The van der Waals surface area contributed by atoms with E-state index in [-0.39, 0.29) is 12.2 Å². The number of ether oxygens (including phenoxy) is 1. The van der Waals surface area contributed by atoms with Crippen LogP contribution in [0.4, 0.5) is 13.2 Å². The van der Waals surface area contributed by atoms with Crippen molar-refractivity contribution in [3.05, 3.63) is 53.8 Å². The van der Waals surface area contributed by atoms with E-state index in [9.17, 15) is 13.2 Å². The fourth-order valence-corrected chi connectivity index (χ4v) is 1.90. The largest absolute Gasteiger partial charge is 0.489 e. The van der Waals surface area contributed by atoms with E-state index in [1.165, 1.54) is 6.08 Å². The van der Waals surface area contributed by atoms with Gasteiger partial charge in [0.1, 0.15) is 0 Å². The Morgan fingerprint density at radius 2 is 1.81 bits per heavy atom. The van der Waals surface area contributed by atoms with Crippen molar-refractivity contribution >= 4 is 5.57 Å². The van der Waals surface area contributed by atoms with Crippen molar-refractivity contribution in [1.82, 2.24) is 0 Å². The smallest absolute Gasteiger partial charge is 0.449 e. The first-order valence-electron chi connectivity index (χ1n) is 7.16. The van der Waals surface area contributed by atoms with E-state index in [0.717, 1.165) is 19.3 Å². The van der Waals surface area contributed by atoms with Crippen LogP contribution in [0.1, 0.15) is 38.7 Å². The van der Waals surface area contributed by atoms with Crippen LogP contribution in [0.25, 0.3) is 5.57 Å². The number of hydrogen-bond acceptors (Lipinski definition) is 1. The summed E-state index contributed by atoms with van der Waals surface area (Å²) in [7, 11) is 0. The molecule has 0 aliphatic heterocycles. The van der Waals surface area contributed by atoms with E-state index in [1.54, 1.807) is 43.3 Å².